The Labute approximate surface area is 326 Å². The maximum Gasteiger partial charge on any atom is 0.343 e. The van der Waals surface area contributed by atoms with Crippen LogP contribution in [-0.4, -0.2) is 112 Å². The molecule has 12 nitrogen and oxygen atoms in total. The molecular weight excluding hydrogens is 726 g/mol. The summed E-state index contributed by atoms with van der Waals surface area (Å²) in [5.74, 6) is 0.939. The van der Waals surface area contributed by atoms with Gasteiger partial charge in [0.25, 0.3) is 5.92 Å². The number of carbonyl (C=O) groups excluding carboxylic acids is 2. The second-order valence-corrected chi connectivity index (χ2v) is 13.2. The molecule has 2 saturated heterocycles. The highest BCUT2D eigenvalue weighted by Gasteiger charge is 2.32. The summed E-state index contributed by atoms with van der Waals surface area (Å²) in [6, 6.07) is 14.9. The summed E-state index contributed by atoms with van der Waals surface area (Å²) in [4.78, 5) is 33.6. The second-order valence-electron chi connectivity index (χ2n) is 13.2. The van der Waals surface area contributed by atoms with Gasteiger partial charge >= 0.3 is 11.7 Å². The van der Waals surface area contributed by atoms with Crippen LogP contribution in [-0.2, 0) is 29.7 Å². The number of nitrogens with zero attached hydrogens (tertiary/aromatic N) is 4. The SMILES string of the molecule is C#CCOCCOCCOCC(F)(F)c1ccc(OC2CCN(C(=O)/C=C/[n+]3ccc(OC4CCN(C(=O)C=C)CC4)nc3-c3ccccc3OC)CC2)cc1. The predicted octanol–water partition coefficient (Wildman–Crippen LogP) is 4.92. The number of hydrogen-bond donors (Lipinski definition) is 0. The highest BCUT2D eigenvalue weighted by atomic mass is 19.3. The fourth-order valence-corrected chi connectivity index (χ4v) is 6.29. The minimum atomic E-state index is -3.18. The van der Waals surface area contributed by atoms with Crippen LogP contribution in [0.4, 0.5) is 8.78 Å². The molecule has 2 fully saturated rings. The fourth-order valence-electron chi connectivity index (χ4n) is 6.29. The van der Waals surface area contributed by atoms with Crippen LogP contribution in [0.5, 0.6) is 17.4 Å². The van der Waals surface area contributed by atoms with Crippen LogP contribution in [0.25, 0.3) is 17.6 Å². The quantitative estimate of drug-likeness (QED) is 0.0726. The van der Waals surface area contributed by atoms with E-state index in [9.17, 15) is 18.4 Å². The van der Waals surface area contributed by atoms with Crippen molar-refractivity contribution in [3.8, 4) is 41.1 Å². The molecule has 14 heteroatoms. The van der Waals surface area contributed by atoms with Crippen molar-refractivity contribution in [2.45, 2.75) is 43.8 Å². The highest BCUT2D eigenvalue weighted by molar-refractivity contribution is 5.89. The van der Waals surface area contributed by atoms with E-state index in [1.165, 1.54) is 36.4 Å². The number of aromatic nitrogens is 2. The van der Waals surface area contributed by atoms with E-state index in [1.807, 2.05) is 24.3 Å². The lowest BCUT2D eigenvalue weighted by Gasteiger charge is -2.31. The van der Waals surface area contributed by atoms with Crippen LogP contribution in [0.3, 0.4) is 0 Å². The van der Waals surface area contributed by atoms with Gasteiger partial charge in [0.15, 0.2) is 0 Å². The molecule has 3 aromatic rings. The van der Waals surface area contributed by atoms with Gasteiger partial charge in [-0.2, -0.15) is 8.78 Å². The summed E-state index contributed by atoms with van der Waals surface area (Å²) in [6.07, 6.45) is 13.6. The third-order valence-corrected chi connectivity index (χ3v) is 9.33. The molecule has 0 N–H and O–H groups in total. The van der Waals surface area contributed by atoms with Crippen molar-refractivity contribution < 1.29 is 51.4 Å². The standard InChI is InChI=1S/C42H49F2N4O8/c1-4-26-52-27-28-53-29-30-54-31-42(43,44)32-10-12-33(13-11-32)55-34-14-22-47(23-15-34)40(50)19-25-48-24-18-38(45-41(48)36-8-6-7-9-37(36)51-3)56-35-16-20-46(21-17-35)39(49)5-2/h1,5-13,18-19,24-25,34-35H,2,14-17,20-23,26-31H2,3H3/q+1/b25-19+. The summed E-state index contributed by atoms with van der Waals surface area (Å²) >= 11 is 0. The van der Waals surface area contributed by atoms with Gasteiger partial charge in [0, 0.05) is 63.5 Å². The first-order valence-electron chi connectivity index (χ1n) is 18.6. The first kappa shape index (κ1) is 41.8. The molecule has 0 atom stereocenters. The molecule has 0 unspecified atom stereocenters. The van der Waals surface area contributed by atoms with Gasteiger partial charge in [0.1, 0.15) is 54.9 Å². The summed E-state index contributed by atoms with van der Waals surface area (Å²) in [7, 11) is 1.59. The number of carbonyl (C=O) groups is 2. The maximum absolute atomic E-state index is 14.7. The molecule has 1 aromatic heterocycles. The molecule has 56 heavy (non-hydrogen) atoms. The molecule has 0 aliphatic carbocycles. The second kappa shape index (κ2) is 21.1. The topological polar surface area (TPSA) is 113 Å². The van der Waals surface area contributed by atoms with Crippen molar-refractivity contribution in [1.82, 2.24) is 14.8 Å². The van der Waals surface area contributed by atoms with E-state index in [-0.39, 0.29) is 49.4 Å². The first-order chi connectivity index (χ1) is 27.2. The molecule has 0 saturated carbocycles. The van der Waals surface area contributed by atoms with Crippen LogP contribution >= 0.6 is 0 Å². The first-order valence-corrected chi connectivity index (χ1v) is 18.6. The van der Waals surface area contributed by atoms with Gasteiger partial charge in [-0.05, 0) is 47.5 Å². The summed E-state index contributed by atoms with van der Waals surface area (Å²) in [5.41, 5.74) is 0.538. The Balaban J connectivity index is 1.12. The largest absolute Gasteiger partial charge is 0.496 e. The normalized spacial score (nSPS) is 15.4. The Morgan fingerprint density at radius 1 is 0.893 bits per heavy atom. The molecule has 0 spiro atoms. The van der Waals surface area contributed by atoms with Crippen molar-refractivity contribution in [1.29, 1.82) is 0 Å². The van der Waals surface area contributed by atoms with Gasteiger partial charge in [0.2, 0.25) is 11.8 Å². The van der Waals surface area contributed by atoms with Crippen LogP contribution in [0.1, 0.15) is 31.2 Å². The molecule has 3 heterocycles. The molecule has 298 valence electrons. The molecule has 2 amide bonds. The summed E-state index contributed by atoms with van der Waals surface area (Å²) in [5, 5.41) is 0. The number of methoxy groups -OCH3 is 1. The molecule has 0 radical (unpaired) electrons. The number of likely N-dealkylation sites (tertiary alicyclic amines) is 2. The van der Waals surface area contributed by atoms with E-state index in [1.54, 1.807) is 39.9 Å². The smallest absolute Gasteiger partial charge is 0.343 e. The molecule has 2 aliphatic heterocycles. The average molecular weight is 776 g/mol. The number of alkyl halides is 2. The zero-order valence-electron chi connectivity index (χ0n) is 31.7. The maximum atomic E-state index is 14.7. The molecular formula is C42H49F2N4O8+. The predicted molar refractivity (Wildman–Crippen MR) is 204 cm³/mol. The third kappa shape index (κ3) is 12.1. The van der Waals surface area contributed by atoms with Gasteiger partial charge in [-0.1, -0.05) is 24.6 Å². The van der Waals surface area contributed by atoms with Crippen molar-refractivity contribution in [3.05, 3.63) is 85.1 Å². The van der Waals surface area contributed by atoms with Gasteiger partial charge in [-0.3, -0.25) is 9.59 Å². The van der Waals surface area contributed by atoms with Gasteiger partial charge < -0.3 is 38.2 Å². The van der Waals surface area contributed by atoms with Crippen molar-refractivity contribution >= 4 is 18.0 Å². The Kier molecular flexibility index (Phi) is 15.7. The minimum Gasteiger partial charge on any atom is -0.496 e. The third-order valence-electron chi connectivity index (χ3n) is 9.33. The van der Waals surface area contributed by atoms with Crippen LogP contribution in [0, 0.1) is 12.3 Å². The summed E-state index contributed by atoms with van der Waals surface area (Å²) < 4.78 is 64.6. The molecule has 0 bridgehead atoms. The molecule has 5 rings (SSSR count). The van der Waals surface area contributed by atoms with E-state index >= 15 is 0 Å². The van der Waals surface area contributed by atoms with E-state index in [0.29, 0.717) is 93.8 Å². The van der Waals surface area contributed by atoms with Crippen LogP contribution in [0.2, 0.25) is 0 Å². The van der Waals surface area contributed by atoms with E-state index in [4.69, 9.17) is 39.8 Å². The van der Waals surface area contributed by atoms with Gasteiger partial charge in [0.05, 0.1) is 39.6 Å². The lowest BCUT2D eigenvalue weighted by atomic mass is 10.1. The Bertz CT molecular complexity index is 1820. The lowest BCUT2D eigenvalue weighted by molar-refractivity contribution is -0.559. The lowest BCUT2D eigenvalue weighted by Crippen LogP contribution is -2.41. The van der Waals surface area contributed by atoms with Gasteiger partial charge in [-0.15, -0.1) is 6.42 Å². The van der Waals surface area contributed by atoms with Crippen molar-refractivity contribution in [3.63, 3.8) is 0 Å². The number of para-hydroxylation sites is 1. The number of terminal acetylenes is 1. The zero-order chi connectivity index (χ0) is 39.8. The molecule has 2 aromatic carbocycles. The van der Waals surface area contributed by atoms with Crippen molar-refractivity contribution in [2.75, 3.05) is 72.9 Å². The van der Waals surface area contributed by atoms with Crippen LogP contribution < -0.4 is 18.8 Å². The number of piperidine rings is 2. The summed E-state index contributed by atoms with van der Waals surface area (Å²) in [6.45, 7) is 5.89. The molecule has 2 aliphatic rings. The Morgan fingerprint density at radius 2 is 1.52 bits per heavy atom. The van der Waals surface area contributed by atoms with E-state index < -0.39 is 12.5 Å². The number of hydrogen-bond acceptors (Lipinski definition) is 9. The number of amides is 2. The minimum absolute atomic E-state index is 0.0223. The fraction of sp³-hybridized carbons (Fsp3) is 0.429. The van der Waals surface area contributed by atoms with E-state index in [0.717, 1.165) is 0 Å². The highest BCUT2D eigenvalue weighted by Crippen LogP contribution is 2.31. The van der Waals surface area contributed by atoms with Crippen molar-refractivity contribution in [2.24, 2.45) is 0 Å². The zero-order valence-corrected chi connectivity index (χ0v) is 31.7. The van der Waals surface area contributed by atoms with E-state index in [2.05, 4.69) is 12.5 Å². The van der Waals surface area contributed by atoms with Crippen LogP contribution in [0.15, 0.2) is 79.5 Å². The average Bonchev–Trinajstić information content (AvgIpc) is 3.23. The number of ether oxygens (including phenoxy) is 6. The number of halogens is 2. The Hall–Kier alpha value is -5.36. The Morgan fingerprint density at radius 3 is 2.18 bits per heavy atom. The number of benzene rings is 2. The monoisotopic (exact) mass is 775 g/mol. The number of rotatable bonds is 19. The van der Waals surface area contributed by atoms with Gasteiger partial charge in [-0.25, -0.2) is 4.57 Å².